The second kappa shape index (κ2) is 2.70. The Bertz CT molecular complexity index is 280. The zero-order chi connectivity index (χ0) is 8.43. The van der Waals surface area contributed by atoms with E-state index in [0.717, 1.165) is 17.0 Å². The van der Waals surface area contributed by atoms with Crippen LogP contribution in [0.2, 0.25) is 0 Å². The number of rotatable bonds is 2. The summed E-state index contributed by atoms with van der Waals surface area (Å²) in [5.41, 5.74) is 2.28. The van der Waals surface area contributed by atoms with E-state index in [1.54, 1.807) is 0 Å². The summed E-state index contributed by atoms with van der Waals surface area (Å²) >= 11 is 0. The lowest BCUT2D eigenvalue weighted by atomic mass is 10.1. The van der Waals surface area contributed by atoms with Crippen LogP contribution in [0.15, 0.2) is 11.1 Å². The Morgan fingerprint density at radius 3 is 2.64 bits per heavy atom. The van der Waals surface area contributed by atoms with Crippen LogP contribution in [0.3, 0.4) is 0 Å². The molecule has 1 aromatic rings. The maximum Gasteiger partial charge on any atom is 0.141 e. The maximum atomic E-state index is 6.98. The molecule has 0 saturated heterocycles. The van der Waals surface area contributed by atoms with E-state index in [-0.39, 0.29) is 0 Å². The van der Waals surface area contributed by atoms with Crippen LogP contribution in [0.1, 0.15) is 17.0 Å². The highest BCUT2D eigenvalue weighted by Crippen LogP contribution is 2.18. The Morgan fingerprint density at radius 2 is 2.27 bits per heavy atom. The first-order chi connectivity index (χ1) is 5.16. The molecule has 1 heterocycles. The summed E-state index contributed by atoms with van der Waals surface area (Å²) in [6, 6.07) is 0. The second-order valence-electron chi connectivity index (χ2n) is 2.37. The number of aromatic nitrogens is 1. The van der Waals surface area contributed by atoms with Crippen molar-refractivity contribution in [3.05, 3.63) is 23.6 Å². The summed E-state index contributed by atoms with van der Waals surface area (Å²) in [5.74, 6) is 0.719. The minimum atomic E-state index is 0.640. The van der Waals surface area contributed by atoms with Crippen molar-refractivity contribution in [3.8, 4) is 0 Å². The Labute approximate surface area is 65.2 Å². The van der Waals surface area contributed by atoms with E-state index >= 15 is 0 Å². The standard InChI is InChI=1S/C8H10N2O/c1-5(4-9)8-6(2)10-11-7(8)3/h4,9H,1H2,2-3H3. The molecule has 0 radical (unpaired) electrons. The molecule has 0 bridgehead atoms. The van der Waals surface area contributed by atoms with Crippen LogP contribution in [0.4, 0.5) is 0 Å². The average molecular weight is 150 g/mol. The van der Waals surface area contributed by atoms with Gasteiger partial charge in [-0.15, -0.1) is 0 Å². The second-order valence-corrected chi connectivity index (χ2v) is 2.37. The van der Waals surface area contributed by atoms with Crippen LogP contribution in [0.25, 0.3) is 5.57 Å². The van der Waals surface area contributed by atoms with E-state index < -0.39 is 0 Å². The van der Waals surface area contributed by atoms with Crippen molar-refractivity contribution in [2.75, 3.05) is 0 Å². The van der Waals surface area contributed by atoms with Gasteiger partial charge in [0.2, 0.25) is 0 Å². The number of nitrogens with one attached hydrogen (secondary N) is 1. The molecule has 0 atom stereocenters. The normalized spacial score (nSPS) is 9.64. The van der Waals surface area contributed by atoms with Gasteiger partial charge in [0.25, 0.3) is 0 Å². The van der Waals surface area contributed by atoms with Crippen LogP contribution in [-0.4, -0.2) is 11.4 Å². The molecule has 1 aromatic heterocycles. The van der Waals surface area contributed by atoms with Crippen molar-refractivity contribution < 1.29 is 4.52 Å². The third-order valence-corrected chi connectivity index (χ3v) is 1.53. The van der Waals surface area contributed by atoms with Gasteiger partial charge in [-0.3, -0.25) is 0 Å². The Hall–Kier alpha value is -1.38. The molecule has 0 aliphatic rings. The van der Waals surface area contributed by atoms with Gasteiger partial charge in [0.1, 0.15) is 5.76 Å². The zero-order valence-corrected chi connectivity index (χ0v) is 6.64. The first kappa shape index (κ1) is 7.72. The van der Waals surface area contributed by atoms with Crippen molar-refractivity contribution in [3.63, 3.8) is 0 Å². The summed E-state index contributed by atoms with van der Waals surface area (Å²) in [5, 5.41) is 10.7. The van der Waals surface area contributed by atoms with E-state index in [9.17, 15) is 0 Å². The van der Waals surface area contributed by atoms with Gasteiger partial charge in [-0.1, -0.05) is 11.7 Å². The highest BCUT2D eigenvalue weighted by Gasteiger charge is 2.09. The topological polar surface area (TPSA) is 49.9 Å². The van der Waals surface area contributed by atoms with Gasteiger partial charge in [-0.05, 0) is 19.4 Å². The first-order valence-electron chi connectivity index (χ1n) is 3.29. The fourth-order valence-corrected chi connectivity index (χ4v) is 1.01. The zero-order valence-electron chi connectivity index (χ0n) is 6.64. The SMILES string of the molecule is C=C(C=N)c1c(C)noc1C. The molecule has 0 aromatic carbocycles. The molecular weight excluding hydrogens is 140 g/mol. The largest absolute Gasteiger partial charge is 0.361 e. The van der Waals surface area contributed by atoms with Gasteiger partial charge >= 0.3 is 0 Å². The lowest BCUT2D eigenvalue weighted by molar-refractivity contribution is 0.393. The maximum absolute atomic E-state index is 6.98. The monoisotopic (exact) mass is 150 g/mol. The number of hydrogen-bond donors (Lipinski definition) is 1. The summed E-state index contributed by atoms with van der Waals surface area (Å²) < 4.78 is 4.90. The van der Waals surface area contributed by atoms with Crippen LogP contribution in [0, 0.1) is 19.3 Å². The van der Waals surface area contributed by atoms with Crippen molar-refractivity contribution in [2.45, 2.75) is 13.8 Å². The van der Waals surface area contributed by atoms with Gasteiger partial charge in [0.05, 0.1) is 5.69 Å². The highest BCUT2D eigenvalue weighted by atomic mass is 16.5. The van der Waals surface area contributed by atoms with Gasteiger partial charge in [0.15, 0.2) is 0 Å². The predicted molar refractivity (Wildman–Crippen MR) is 43.8 cm³/mol. The summed E-state index contributed by atoms with van der Waals surface area (Å²) in [6.45, 7) is 7.34. The fourth-order valence-electron chi connectivity index (χ4n) is 1.01. The molecule has 3 heteroatoms. The smallest absolute Gasteiger partial charge is 0.141 e. The molecule has 0 saturated carbocycles. The van der Waals surface area contributed by atoms with E-state index in [1.165, 1.54) is 6.21 Å². The predicted octanol–water partition coefficient (Wildman–Crippen LogP) is 1.95. The van der Waals surface area contributed by atoms with Crippen molar-refractivity contribution >= 4 is 11.8 Å². The minimum absolute atomic E-state index is 0.640. The molecule has 3 nitrogen and oxygen atoms in total. The number of allylic oxidation sites excluding steroid dienone is 1. The van der Waals surface area contributed by atoms with Gasteiger partial charge in [0, 0.05) is 11.8 Å². The molecule has 58 valence electrons. The van der Waals surface area contributed by atoms with Crippen LogP contribution < -0.4 is 0 Å². The van der Waals surface area contributed by atoms with E-state index in [1.807, 2.05) is 13.8 Å². The number of nitrogens with zero attached hydrogens (tertiary/aromatic N) is 1. The Morgan fingerprint density at radius 1 is 1.64 bits per heavy atom. The van der Waals surface area contributed by atoms with Gasteiger partial charge in [-0.25, -0.2) is 0 Å². The Balaban J connectivity index is 3.20. The van der Waals surface area contributed by atoms with Crippen molar-refractivity contribution in [1.82, 2.24) is 5.16 Å². The van der Waals surface area contributed by atoms with Crippen LogP contribution in [0.5, 0.6) is 0 Å². The van der Waals surface area contributed by atoms with Crippen LogP contribution >= 0.6 is 0 Å². The highest BCUT2D eigenvalue weighted by molar-refractivity contribution is 6.07. The third-order valence-electron chi connectivity index (χ3n) is 1.53. The molecule has 0 amide bonds. The van der Waals surface area contributed by atoms with Gasteiger partial charge < -0.3 is 9.93 Å². The molecule has 1 rings (SSSR count). The van der Waals surface area contributed by atoms with Gasteiger partial charge in [-0.2, -0.15) is 0 Å². The lowest BCUT2D eigenvalue weighted by Crippen LogP contribution is -1.86. The molecular formula is C8H10N2O. The fraction of sp³-hybridized carbons (Fsp3) is 0.250. The van der Waals surface area contributed by atoms with Crippen LogP contribution in [-0.2, 0) is 0 Å². The molecule has 0 aliphatic heterocycles. The first-order valence-corrected chi connectivity index (χ1v) is 3.29. The molecule has 0 fully saturated rings. The molecule has 11 heavy (non-hydrogen) atoms. The number of aryl methyl sites for hydroxylation is 2. The molecule has 0 aliphatic carbocycles. The Kier molecular flexibility index (Phi) is 1.89. The summed E-state index contributed by atoms with van der Waals surface area (Å²) in [7, 11) is 0. The van der Waals surface area contributed by atoms with E-state index in [4.69, 9.17) is 9.93 Å². The summed E-state index contributed by atoms with van der Waals surface area (Å²) in [4.78, 5) is 0. The summed E-state index contributed by atoms with van der Waals surface area (Å²) in [6.07, 6.45) is 1.20. The van der Waals surface area contributed by atoms with Crippen molar-refractivity contribution in [2.24, 2.45) is 0 Å². The number of hydrogen-bond acceptors (Lipinski definition) is 3. The third kappa shape index (κ3) is 1.22. The van der Waals surface area contributed by atoms with E-state index in [0.29, 0.717) is 5.57 Å². The van der Waals surface area contributed by atoms with Crippen molar-refractivity contribution in [1.29, 1.82) is 5.41 Å². The van der Waals surface area contributed by atoms with E-state index in [2.05, 4.69) is 11.7 Å². The molecule has 0 spiro atoms. The molecule has 0 unspecified atom stereocenters. The quantitative estimate of drug-likeness (QED) is 0.655. The minimum Gasteiger partial charge on any atom is -0.361 e. The molecule has 1 N–H and O–H groups in total. The lowest BCUT2D eigenvalue weighted by Gasteiger charge is -1.94. The average Bonchev–Trinajstić information content (AvgIpc) is 2.30.